The number of piperazine rings is 1. The minimum atomic E-state index is 0.317. The number of rotatable bonds is 4. The number of hydrogen-bond acceptors (Lipinski definition) is 5. The van der Waals surface area contributed by atoms with E-state index in [0.717, 1.165) is 74.6 Å². The Morgan fingerprint density at radius 2 is 2.08 bits per heavy atom. The van der Waals surface area contributed by atoms with E-state index in [1.54, 1.807) is 0 Å². The fraction of sp³-hybridized carbons (Fsp3) is 0.722. The molecular weight excluding hydrogens is 334 g/mol. The lowest BCUT2D eigenvalue weighted by Gasteiger charge is -2.37. The Labute approximate surface area is 156 Å². The van der Waals surface area contributed by atoms with Crippen LogP contribution in [0.25, 0.3) is 0 Å². The molecule has 1 atom stereocenters. The summed E-state index contributed by atoms with van der Waals surface area (Å²) in [7, 11) is 0. The van der Waals surface area contributed by atoms with Gasteiger partial charge < -0.3 is 19.9 Å². The highest BCUT2D eigenvalue weighted by molar-refractivity contribution is 7.80. The van der Waals surface area contributed by atoms with Crippen LogP contribution in [0.2, 0.25) is 0 Å². The summed E-state index contributed by atoms with van der Waals surface area (Å²) in [5.74, 6) is 2.30. The number of aryl methyl sites for hydroxylation is 1. The van der Waals surface area contributed by atoms with Crippen LogP contribution in [0.5, 0.6) is 0 Å². The second kappa shape index (κ2) is 8.27. The van der Waals surface area contributed by atoms with Crippen LogP contribution < -0.4 is 10.2 Å². The molecule has 0 bridgehead atoms. The van der Waals surface area contributed by atoms with Gasteiger partial charge in [-0.15, -0.1) is 0 Å². The first-order chi connectivity index (χ1) is 12.0. The molecule has 1 aromatic heterocycles. The van der Waals surface area contributed by atoms with Gasteiger partial charge in [-0.1, -0.05) is 13.8 Å². The lowest BCUT2D eigenvalue weighted by Crippen LogP contribution is -2.52. The summed E-state index contributed by atoms with van der Waals surface area (Å²) in [5, 5.41) is 4.21. The second-order valence-corrected chi connectivity index (χ2v) is 7.56. The lowest BCUT2D eigenvalue weighted by molar-refractivity contribution is 0.113. The molecule has 0 aliphatic carbocycles. The number of ether oxygens (including phenoxy) is 1. The second-order valence-electron chi connectivity index (χ2n) is 7.18. The molecule has 0 amide bonds. The predicted octanol–water partition coefficient (Wildman–Crippen LogP) is 2.08. The third kappa shape index (κ3) is 4.79. The van der Waals surface area contributed by atoms with Gasteiger partial charge >= 0.3 is 0 Å². The molecule has 138 valence electrons. The molecule has 6 nitrogen and oxygen atoms in total. The minimum absolute atomic E-state index is 0.317. The summed E-state index contributed by atoms with van der Waals surface area (Å²) < 4.78 is 5.64. The maximum Gasteiger partial charge on any atom is 0.169 e. The monoisotopic (exact) mass is 363 g/mol. The van der Waals surface area contributed by atoms with Crippen molar-refractivity contribution < 1.29 is 4.74 Å². The Hall–Kier alpha value is -1.47. The number of nitrogens with one attached hydrogen (secondary N) is 1. The van der Waals surface area contributed by atoms with Gasteiger partial charge in [-0.05, 0) is 32.0 Å². The molecule has 3 heterocycles. The highest BCUT2D eigenvalue weighted by Gasteiger charge is 2.22. The van der Waals surface area contributed by atoms with Crippen molar-refractivity contribution in [3.05, 3.63) is 17.6 Å². The van der Waals surface area contributed by atoms with Crippen molar-refractivity contribution in [2.75, 3.05) is 44.2 Å². The van der Waals surface area contributed by atoms with Crippen LogP contribution in [0.15, 0.2) is 6.07 Å². The molecule has 2 aliphatic rings. The third-order valence-electron chi connectivity index (χ3n) is 4.77. The number of anilines is 1. The topological polar surface area (TPSA) is 53.5 Å². The molecule has 3 rings (SSSR count). The zero-order chi connectivity index (χ0) is 17.8. The standard InChI is InChI=1S/C18H29N5OS/c1-13(2)17-20-14(3)11-16(21-17)22-6-8-23(9-7-22)18(25)19-12-15-5-4-10-24-15/h11,13,15H,4-10,12H2,1-3H3,(H,19,25)/t15-/m1/s1. The zero-order valence-corrected chi connectivity index (χ0v) is 16.3. The third-order valence-corrected chi connectivity index (χ3v) is 5.17. The van der Waals surface area contributed by atoms with Crippen LogP contribution in [0.3, 0.4) is 0 Å². The summed E-state index contributed by atoms with van der Waals surface area (Å²) >= 11 is 5.55. The first kappa shape index (κ1) is 18.3. The largest absolute Gasteiger partial charge is 0.376 e. The van der Waals surface area contributed by atoms with Crippen molar-refractivity contribution in [1.29, 1.82) is 0 Å². The van der Waals surface area contributed by atoms with E-state index >= 15 is 0 Å². The van der Waals surface area contributed by atoms with Gasteiger partial charge in [0, 0.05) is 57.0 Å². The molecule has 7 heteroatoms. The minimum Gasteiger partial charge on any atom is -0.376 e. The lowest BCUT2D eigenvalue weighted by atomic mass is 10.2. The number of nitrogens with zero attached hydrogens (tertiary/aromatic N) is 4. The SMILES string of the molecule is Cc1cc(N2CCN(C(=S)NC[C@H]3CCCO3)CC2)nc(C(C)C)n1. The first-order valence-corrected chi connectivity index (χ1v) is 9.68. The van der Waals surface area contributed by atoms with Crippen LogP contribution >= 0.6 is 12.2 Å². The molecular formula is C18H29N5OS. The quantitative estimate of drug-likeness (QED) is 0.822. The van der Waals surface area contributed by atoms with Crippen molar-refractivity contribution in [3.8, 4) is 0 Å². The summed E-state index contributed by atoms with van der Waals surface area (Å²) in [4.78, 5) is 13.9. The van der Waals surface area contributed by atoms with E-state index in [-0.39, 0.29) is 0 Å². The molecule has 0 radical (unpaired) electrons. The molecule has 0 unspecified atom stereocenters. The van der Waals surface area contributed by atoms with Gasteiger partial charge in [-0.3, -0.25) is 0 Å². The first-order valence-electron chi connectivity index (χ1n) is 9.28. The van der Waals surface area contributed by atoms with E-state index in [4.69, 9.17) is 21.9 Å². The fourth-order valence-electron chi connectivity index (χ4n) is 3.25. The van der Waals surface area contributed by atoms with Crippen molar-refractivity contribution in [2.24, 2.45) is 0 Å². The summed E-state index contributed by atoms with van der Waals surface area (Å²) in [6.45, 7) is 11.7. The summed E-state index contributed by atoms with van der Waals surface area (Å²) in [5.41, 5.74) is 1.03. The molecule has 2 saturated heterocycles. The molecule has 0 aromatic carbocycles. The van der Waals surface area contributed by atoms with Crippen molar-refractivity contribution in [3.63, 3.8) is 0 Å². The van der Waals surface area contributed by atoms with Gasteiger partial charge in [0.05, 0.1) is 6.10 Å². The molecule has 2 aliphatic heterocycles. The van der Waals surface area contributed by atoms with Crippen molar-refractivity contribution in [1.82, 2.24) is 20.2 Å². The Balaban J connectivity index is 1.52. The number of thiocarbonyl (C=S) groups is 1. The van der Waals surface area contributed by atoms with E-state index in [9.17, 15) is 0 Å². The van der Waals surface area contributed by atoms with E-state index in [1.807, 2.05) is 6.92 Å². The highest BCUT2D eigenvalue weighted by Crippen LogP contribution is 2.19. The average molecular weight is 364 g/mol. The van der Waals surface area contributed by atoms with E-state index in [2.05, 4.69) is 40.0 Å². The molecule has 25 heavy (non-hydrogen) atoms. The molecule has 1 aromatic rings. The number of hydrogen-bond donors (Lipinski definition) is 1. The van der Waals surface area contributed by atoms with Gasteiger partial charge in [-0.25, -0.2) is 9.97 Å². The van der Waals surface area contributed by atoms with E-state index in [0.29, 0.717) is 12.0 Å². The Morgan fingerprint density at radius 3 is 2.72 bits per heavy atom. The fourth-order valence-corrected chi connectivity index (χ4v) is 3.52. The summed E-state index contributed by atoms with van der Waals surface area (Å²) in [6, 6.07) is 2.08. The van der Waals surface area contributed by atoms with Crippen LogP contribution in [0.1, 0.15) is 44.1 Å². The van der Waals surface area contributed by atoms with E-state index < -0.39 is 0 Å². The molecule has 1 N–H and O–H groups in total. The molecule has 0 saturated carbocycles. The van der Waals surface area contributed by atoms with Gasteiger partial charge in [-0.2, -0.15) is 0 Å². The normalized spacial score (nSPS) is 21.0. The van der Waals surface area contributed by atoms with Gasteiger partial charge in [0.2, 0.25) is 0 Å². The highest BCUT2D eigenvalue weighted by atomic mass is 32.1. The van der Waals surface area contributed by atoms with E-state index in [1.165, 1.54) is 0 Å². The Bertz CT molecular complexity index is 595. The van der Waals surface area contributed by atoms with Crippen molar-refractivity contribution in [2.45, 2.75) is 45.6 Å². The Morgan fingerprint density at radius 1 is 1.32 bits per heavy atom. The van der Waals surface area contributed by atoms with Crippen LogP contribution in [-0.4, -0.2) is 65.4 Å². The average Bonchev–Trinajstić information content (AvgIpc) is 3.13. The maximum absolute atomic E-state index is 5.64. The van der Waals surface area contributed by atoms with Gasteiger partial charge in [0.25, 0.3) is 0 Å². The molecule has 0 spiro atoms. The number of aromatic nitrogens is 2. The van der Waals surface area contributed by atoms with Gasteiger partial charge in [0.15, 0.2) is 5.11 Å². The van der Waals surface area contributed by atoms with Crippen LogP contribution in [-0.2, 0) is 4.74 Å². The van der Waals surface area contributed by atoms with Gasteiger partial charge in [0.1, 0.15) is 11.6 Å². The maximum atomic E-state index is 5.64. The Kier molecular flexibility index (Phi) is 6.06. The smallest absolute Gasteiger partial charge is 0.169 e. The predicted molar refractivity (Wildman–Crippen MR) is 104 cm³/mol. The molecule has 2 fully saturated rings. The summed E-state index contributed by atoms with van der Waals surface area (Å²) in [6.07, 6.45) is 2.61. The van der Waals surface area contributed by atoms with Crippen molar-refractivity contribution >= 4 is 23.1 Å². The zero-order valence-electron chi connectivity index (χ0n) is 15.5. The van der Waals surface area contributed by atoms with Crippen LogP contribution in [0, 0.1) is 6.92 Å². The van der Waals surface area contributed by atoms with Crippen LogP contribution in [0.4, 0.5) is 5.82 Å².